The number of piperazine rings is 1. The second-order valence-corrected chi connectivity index (χ2v) is 8.34. The number of β-amino-alcohol motifs (C(OH)–C–C–N with tert-alkyl or cyclic N) is 1. The highest BCUT2D eigenvalue weighted by Crippen LogP contribution is 2.34. The molecule has 2 aromatic heterocycles. The van der Waals surface area contributed by atoms with Crippen LogP contribution in [0.1, 0.15) is 11.7 Å². The molecule has 1 aliphatic rings. The number of nitro groups is 1. The van der Waals surface area contributed by atoms with Gasteiger partial charge >= 0.3 is 0 Å². The van der Waals surface area contributed by atoms with Gasteiger partial charge in [-0.05, 0) is 30.3 Å². The second kappa shape index (κ2) is 10.0. The van der Waals surface area contributed by atoms with E-state index in [1.807, 2.05) is 42.5 Å². The van der Waals surface area contributed by atoms with Crippen LogP contribution in [0.4, 0.5) is 17.2 Å². The first-order chi connectivity index (χ1) is 17.1. The number of hydrogen-bond donors (Lipinski definition) is 2. The Hall–Kier alpha value is -4.09. The molecule has 1 fully saturated rings. The third-order valence-corrected chi connectivity index (χ3v) is 6.22. The van der Waals surface area contributed by atoms with Crippen molar-refractivity contribution in [2.45, 2.75) is 6.17 Å². The van der Waals surface area contributed by atoms with Crippen molar-refractivity contribution in [3.05, 3.63) is 82.5 Å². The fourth-order valence-corrected chi connectivity index (χ4v) is 4.45. The summed E-state index contributed by atoms with van der Waals surface area (Å²) in [4.78, 5) is 20.2. The summed E-state index contributed by atoms with van der Waals surface area (Å²) in [6, 6.07) is 18.1. The van der Waals surface area contributed by atoms with Gasteiger partial charge < -0.3 is 15.3 Å². The third kappa shape index (κ3) is 4.77. The Morgan fingerprint density at radius 2 is 1.86 bits per heavy atom. The summed E-state index contributed by atoms with van der Waals surface area (Å²) in [6.07, 6.45) is 1.09. The van der Waals surface area contributed by atoms with E-state index in [0.717, 1.165) is 42.9 Å². The van der Waals surface area contributed by atoms with Crippen LogP contribution in [0.3, 0.4) is 0 Å². The molecule has 2 aromatic carbocycles. The lowest BCUT2D eigenvalue weighted by molar-refractivity contribution is -0.384. The van der Waals surface area contributed by atoms with Crippen molar-refractivity contribution in [2.24, 2.45) is 0 Å². The Kier molecular flexibility index (Phi) is 6.51. The molecule has 35 heavy (non-hydrogen) atoms. The van der Waals surface area contributed by atoms with E-state index in [9.17, 15) is 15.2 Å². The molecule has 0 amide bonds. The number of nitro benzene ring substituents is 1. The van der Waals surface area contributed by atoms with E-state index in [1.165, 1.54) is 6.07 Å². The first-order valence-corrected chi connectivity index (χ1v) is 11.5. The van der Waals surface area contributed by atoms with Gasteiger partial charge in [0.1, 0.15) is 11.3 Å². The quantitative estimate of drug-likeness (QED) is 0.293. The summed E-state index contributed by atoms with van der Waals surface area (Å²) < 4.78 is 1.74. The number of aliphatic hydroxyl groups excluding tert-OH is 1. The SMILES string of the molecule is O=[N+]([O-])c1ccc(N2CCN(CCO)CC2)c(C(Nc2ccccn2)n2nnc3ccccc32)c1. The molecule has 11 heteroatoms. The number of fused-ring (bicyclic) bond motifs is 1. The van der Waals surface area contributed by atoms with E-state index in [2.05, 4.69) is 30.4 Å². The maximum Gasteiger partial charge on any atom is 0.270 e. The van der Waals surface area contributed by atoms with Crippen molar-refractivity contribution < 1.29 is 10.0 Å². The third-order valence-electron chi connectivity index (χ3n) is 6.22. The summed E-state index contributed by atoms with van der Waals surface area (Å²) in [5, 5.41) is 33.2. The first-order valence-electron chi connectivity index (χ1n) is 11.5. The Morgan fingerprint density at radius 3 is 2.60 bits per heavy atom. The molecule has 1 aliphatic heterocycles. The number of hydrogen-bond acceptors (Lipinski definition) is 9. The summed E-state index contributed by atoms with van der Waals surface area (Å²) in [5.74, 6) is 0.613. The summed E-state index contributed by atoms with van der Waals surface area (Å²) in [7, 11) is 0. The fourth-order valence-electron chi connectivity index (χ4n) is 4.45. The van der Waals surface area contributed by atoms with Crippen molar-refractivity contribution in [1.82, 2.24) is 24.9 Å². The Morgan fingerprint density at radius 1 is 1.06 bits per heavy atom. The minimum absolute atomic E-state index is 0.0000850. The van der Waals surface area contributed by atoms with Crippen LogP contribution >= 0.6 is 0 Å². The van der Waals surface area contributed by atoms with Gasteiger partial charge in [-0.1, -0.05) is 23.4 Å². The predicted octanol–water partition coefficient (Wildman–Crippen LogP) is 2.51. The molecule has 1 atom stereocenters. The summed E-state index contributed by atoms with van der Waals surface area (Å²) in [5.41, 5.74) is 3.11. The number of non-ortho nitro benzene ring substituents is 1. The molecule has 11 nitrogen and oxygen atoms in total. The Balaban J connectivity index is 1.61. The van der Waals surface area contributed by atoms with E-state index in [1.54, 1.807) is 23.0 Å². The van der Waals surface area contributed by atoms with Gasteiger partial charge in [-0.15, -0.1) is 5.10 Å². The number of pyridine rings is 1. The van der Waals surface area contributed by atoms with Gasteiger partial charge in [0, 0.05) is 62.3 Å². The van der Waals surface area contributed by atoms with Crippen LogP contribution in [0.2, 0.25) is 0 Å². The number of anilines is 2. The van der Waals surface area contributed by atoms with Crippen LogP contribution in [0, 0.1) is 10.1 Å². The van der Waals surface area contributed by atoms with Gasteiger partial charge in [0.2, 0.25) is 0 Å². The zero-order chi connectivity index (χ0) is 24.2. The molecule has 180 valence electrons. The van der Waals surface area contributed by atoms with E-state index in [-0.39, 0.29) is 17.2 Å². The topological polar surface area (TPSA) is 125 Å². The fraction of sp³-hybridized carbons (Fsp3) is 0.292. The highest BCUT2D eigenvalue weighted by Gasteiger charge is 2.27. The van der Waals surface area contributed by atoms with Crippen molar-refractivity contribution in [2.75, 3.05) is 49.5 Å². The highest BCUT2D eigenvalue weighted by molar-refractivity contribution is 5.75. The summed E-state index contributed by atoms with van der Waals surface area (Å²) in [6.45, 7) is 3.82. The normalized spacial score (nSPS) is 15.3. The van der Waals surface area contributed by atoms with E-state index in [0.29, 0.717) is 17.9 Å². The average Bonchev–Trinajstić information content (AvgIpc) is 3.32. The van der Waals surface area contributed by atoms with Gasteiger partial charge in [0.15, 0.2) is 6.17 Å². The van der Waals surface area contributed by atoms with E-state index in [4.69, 9.17) is 0 Å². The van der Waals surface area contributed by atoms with Gasteiger partial charge in [-0.25, -0.2) is 9.67 Å². The lowest BCUT2D eigenvalue weighted by Gasteiger charge is -2.37. The Labute approximate surface area is 201 Å². The number of nitrogens with one attached hydrogen (secondary N) is 1. The molecule has 1 saturated heterocycles. The smallest absolute Gasteiger partial charge is 0.270 e. The van der Waals surface area contributed by atoms with E-state index >= 15 is 0 Å². The van der Waals surface area contributed by atoms with E-state index < -0.39 is 6.17 Å². The predicted molar refractivity (Wildman–Crippen MR) is 132 cm³/mol. The number of aromatic nitrogens is 4. The molecule has 0 aliphatic carbocycles. The lowest BCUT2D eigenvalue weighted by atomic mass is 10.1. The van der Waals surface area contributed by atoms with Crippen LogP contribution in [0.5, 0.6) is 0 Å². The maximum atomic E-state index is 11.7. The van der Waals surface area contributed by atoms with Crippen LogP contribution < -0.4 is 10.2 Å². The number of para-hydroxylation sites is 1. The largest absolute Gasteiger partial charge is 0.395 e. The van der Waals surface area contributed by atoms with Crippen LogP contribution in [-0.4, -0.2) is 74.2 Å². The molecule has 0 saturated carbocycles. The van der Waals surface area contributed by atoms with Gasteiger partial charge in [-0.3, -0.25) is 15.0 Å². The number of nitrogens with zero attached hydrogens (tertiary/aromatic N) is 7. The number of benzene rings is 2. The first kappa shape index (κ1) is 22.7. The monoisotopic (exact) mass is 474 g/mol. The molecule has 0 radical (unpaired) electrons. The highest BCUT2D eigenvalue weighted by atomic mass is 16.6. The van der Waals surface area contributed by atoms with Crippen molar-refractivity contribution in [1.29, 1.82) is 0 Å². The standard InChI is InChI=1S/C24H26N8O3/c33-16-15-29-11-13-30(14-12-29)21-9-8-18(32(34)35)17-19(21)24(26-23-7-3-4-10-25-23)31-22-6-2-1-5-20(22)27-28-31/h1-10,17,24,33H,11-16H2,(H,25,26). The Bertz CT molecular complexity index is 1300. The van der Waals surface area contributed by atoms with Crippen LogP contribution in [0.15, 0.2) is 66.9 Å². The molecule has 0 bridgehead atoms. The molecule has 0 spiro atoms. The molecule has 5 rings (SSSR count). The van der Waals surface area contributed by atoms with Crippen LogP contribution in [-0.2, 0) is 0 Å². The van der Waals surface area contributed by atoms with Gasteiger partial charge in [-0.2, -0.15) is 0 Å². The van der Waals surface area contributed by atoms with Crippen molar-refractivity contribution in [3.8, 4) is 0 Å². The molecule has 1 unspecified atom stereocenters. The molecular weight excluding hydrogens is 448 g/mol. The zero-order valence-electron chi connectivity index (χ0n) is 19.1. The number of aliphatic hydroxyl groups is 1. The van der Waals surface area contributed by atoms with Crippen molar-refractivity contribution in [3.63, 3.8) is 0 Å². The van der Waals surface area contributed by atoms with Gasteiger partial charge in [0.05, 0.1) is 17.0 Å². The average molecular weight is 475 g/mol. The van der Waals surface area contributed by atoms with Crippen molar-refractivity contribution >= 4 is 28.2 Å². The molecule has 3 heterocycles. The summed E-state index contributed by atoms with van der Waals surface area (Å²) >= 11 is 0. The molecule has 4 aromatic rings. The second-order valence-electron chi connectivity index (χ2n) is 8.34. The minimum Gasteiger partial charge on any atom is -0.395 e. The zero-order valence-corrected chi connectivity index (χ0v) is 19.1. The maximum absolute atomic E-state index is 11.7. The molecular formula is C24H26N8O3. The minimum atomic E-state index is -0.595. The lowest BCUT2D eigenvalue weighted by Crippen LogP contribution is -2.47. The number of rotatable bonds is 8. The van der Waals surface area contributed by atoms with Crippen LogP contribution in [0.25, 0.3) is 11.0 Å². The molecule has 2 N–H and O–H groups in total. The van der Waals surface area contributed by atoms with Gasteiger partial charge in [0.25, 0.3) is 5.69 Å².